The summed E-state index contributed by atoms with van der Waals surface area (Å²) in [6, 6.07) is 0.272. The van der Waals surface area contributed by atoms with Crippen LogP contribution in [-0.2, 0) is 6.42 Å². The topological polar surface area (TPSA) is 54.7 Å². The van der Waals surface area contributed by atoms with Crippen molar-refractivity contribution in [3.05, 3.63) is 17.5 Å². The first-order valence-electron chi connectivity index (χ1n) is 4.48. The maximum atomic E-state index is 5.90. The Kier molecular flexibility index (Phi) is 3.29. The normalized spacial score (nSPS) is 13.2. The van der Waals surface area contributed by atoms with E-state index < -0.39 is 0 Å². The van der Waals surface area contributed by atoms with Crippen molar-refractivity contribution in [3.8, 4) is 0 Å². The van der Waals surface area contributed by atoms with Crippen molar-refractivity contribution in [1.29, 1.82) is 0 Å². The van der Waals surface area contributed by atoms with Gasteiger partial charge >= 0.3 is 0 Å². The van der Waals surface area contributed by atoms with Crippen LogP contribution in [0.15, 0.2) is 6.20 Å². The Balaban J connectivity index is 2.46. The fourth-order valence-corrected chi connectivity index (χ4v) is 1.31. The Hall–Kier alpha value is -0.830. The first-order chi connectivity index (χ1) is 5.74. The molecule has 1 unspecified atom stereocenters. The number of hydrogen-bond donors (Lipinski definition) is 2. The molecule has 0 radical (unpaired) electrons. The molecule has 1 aromatic heterocycles. The third-order valence-electron chi connectivity index (χ3n) is 2.06. The third kappa shape index (κ3) is 2.34. The lowest BCUT2D eigenvalue weighted by Crippen LogP contribution is -2.22. The molecule has 0 fully saturated rings. The lowest BCUT2D eigenvalue weighted by Gasteiger charge is -2.08. The molecule has 12 heavy (non-hydrogen) atoms. The predicted molar refractivity (Wildman–Crippen MR) is 49.9 cm³/mol. The summed E-state index contributed by atoms with van der Waals surface area (Å²) < 4.78 is 0. The summed E-state index contributed by atoms with van der Waals surface area (Å²) in [4.78, 5) is 0. The van der Waals surface area contributed by atoms with E-state index in [1.165, 1.54) is 11.3 Å². The Morgan fingerprint density at radius 3 is 2.92 bits per heavy atom. The highest BCUT2D eigenvalue weighted by Crippen LogP contribution is 2.07. The molecule has 0 aliphatic carbocycles. The predicted octanol–water partition coefficient (Wildman–Crippen LogP) is 1.39. The van der Waals surface area contributed by atoms with E-state index >= 15 is 0 Å². The van der Waals surface area contributed by atoms with Crippen LogP contribution in [0, 0.1) is 6.92 Å². The number of aromatic nitrogens is 2. The summed E-state index contributed by atoms with van der Waals surface area (Å²) in [5, 5.41) is 6.92. The highest BCUT2D eigenvalue weighted by Gasteiger charge is 2.06. The standard InChI is InChI=1S/C9H17N3/c1-3-4-8(10)5-9-7(2)6-11-12-9/h6,8H,3-5,10H2,1-2H3,(H,11,12). The van der Waals surface area contributed by atoms with Crippen LogP contribution in [0.3, 0.4) is 0 Å². The van der Waals surface area contributed by atoms with Gasteiger partial charge < -0.3 is 5.73 Å². The van der Waals surface area contributed by atoms with Gasteiger partial charge in [-0.15, -0.1) is 0 Å². The van der Waals surface area contributed by atoms with Crippen molar-refractivity contribution in [2.75, 3.05) is 0 Å². The molecular formula is C9H17N3. The molecule has 0 saturated carbocycles. The summed E-state index contributed by atoms with van der Waals surface area (Å²) in [6.45, 7) is 4.21. The molecule has 3 nitrogen and oxygen atoms in total. The lowest BCUT2D eigenvalue weighted by atomic mass is 10.1. The molecular weight excluding hydrogens is 150 g/mol. The monoisotopic (exact) mass is 167 g/mol. The second kappa shape index (κ2) is 4.26. The quantitative estimate of drug-likeness (QED) is 0.712. The minimum absolute atomic E-state index is 0.272. The van der Waals surface area contributed by atoms with Gasteiger partial charge in [0.2, 0.25) is 0 Å². The van der Waals surface area contributed by atoms with Gasteiger partial charge in [0.05, 0.1) is 6.20 Å². The van der Waals surface area contributed by atoms with Gasteiger partial charge in [0.15, 0.2) is 0 Å². The fourth-order valence-electron chi connectivity index (χ4n) is 1.31. The second-order valence-electron chi connectivity index (χ2n) is 3.28. The van der Waals surface area contributed by atoms with Gasteiger partial charge in [-0.25, -0.2) is 0 Å². The Labute approximate surface area is 73.4 Å². The van der Waals surface area contributed by atoms with Crippen molar-refractivity contribution in [1.82, 2.24) is 10.2 Å². The van der Waals surface area contributed by atoms with E-state index in [1.54, 1.807) is 0 Å². The number of H-pyrrole nitrogens is 1. The van der Waals surface area contributed by atoms with Crippen LogP contribution in [0.1, 0.15) is 31.0 Å². The zero-order valence-electron chi connectivity index (χ0n) is 7.80. The molecule has 0 amide bonds. The van der Waals surface area contributed by atoms with E-state index in [-0.39, 0.29) is 6.04 Å². The number of aryl methyl sites for hydroxylation is 1. The molecule has 0 saturated heterocycles. The summed E-state index contributed by atoms with van der Waals surface area (Å²) in [7, 11) is 0. The van der Waals surface area contributed by atoms with Crippen LogP contribution >= 0.6 is 0 Å². The zero-order valence-corrected chi connectivity index (χ0v) is 7.80. The van der Waals surface area contributed by atoms with Crippen LogP contribution in [-0.4, -0.2) is 16.2 Å². The summed E-state index contributed by atoms with van der Waals surface area (Å²) in [6.07, 6.45) is 4.99. The van der Waals surface area contributed by atoms with Crippen LogP contribution in [0.4, 0.5) is 0 Å². The van der Waals surface area contributed by atoms with Gasteiger partial charge in [-0.2, -0.15) is 5.10 Å². The molecule has 0 aromatic carbocycles. The molecule has 0 spiro atoms. The average molecular weight is 167 g/mol. The van der Waals surface area contributed by atoms with Gasteiger partial charge in [-0.3, -0.25) is 5.10 Å². The van der Waals surface area contributed by atoms with Crippen molar-refractivity contribution >= 4 is 0 Å². The third-order valence-corrected chi connectivity index (χ3v) is 2.06. The van der Waals surface area contributed by atoms with E-state index in [2.05, 4.69) is 24.0 Å². The van der Waals surface area contributed by atoms with Crippen LogP contribution in [0.25, 0.3) is 0 Å². The van der Waals surface area contributed by atoms with E-state index in [4.69, 9.17) is 5.73 Å². The fraction of sp³-hybridized carbons (Fsp3) is 0.667. The number of nitrogens with two attached hydrogens (primary N) is 1. The molecule has 3 N–H and O–H groups in total. The summed E-state index contributed by atoms with van der Waals surface area (Å²) in [5.41, 5.74) is 8.28. The number of nitrogens with one attached hydrogen (secondary N) is 1. The molecule has 1 atom stereocenters. The van der Waals surface area contributed by atoms with Crippen molar-refractivity contribution < 1.29 is 0 Å². The van der Waals surface area contributed by atoms with E-state index in [0.717, 1.165) is 19.3 Å². The second-order valence-corrected chi connectivity index (χ2v) is 3.28. The molecule has 3 heteroatoms. The number of nitrogens with zero attached hydrogens (tertiary/aromatic N) is 1. The first kappa shape index (κ1) is 9.26. The molecule has 1 aromatic rings. The van der Waals surface area contributed by atoms with Crippen LogP contribution in [0.2, 0.25) is 0 Å². The molecule has 68 valence electrons. The van der Waals surface area contributed by atoms with Crippen molar-refractivity contribution in [2.45, 2.75) is 39.2 Å². The maximum absolute atomic E-state index is 5.90. The highest BCUT2D eigenvalue weighted by molar-refractivity contribution is 5.14. The first-order valence-corrected chi connectivity index (χ1v) is 4.48. The smallest absolute Gasteiger partial charge is 0.0519 e. The maximum Gasteiger partial charge on any atom is 0.0519 e. The number of hydrogen-bond acceptors (Lipinski definition) is 2. The zero-order chi connectivity index (χ0) is 8.97. The van der Waals surface area contributed by atoms with Crippen molar-refractivity contribution in [2.24, 2.45) is 5.73 Å². The molecule has 1 rings (SSSR count). The molecule has 0 aliphatic heterocycles. The van der Waals surface area contributed by atoms with E-state index in [9.17, 15) is 0 Å². The SMILES string of the molecule is CCCC(N)Cc1[nH]ncc1C. The summed E-state index contributed by atoms with van der Waals surface area (Å²) in [5.74, 6) is 0. The Morgan fingerprint density at radius 2 is 2.42 bits per heavy atom. The lowest BCUT2D eigenvalue weighted by molar-refractivity contribution is 0.591. The van der Waals surface area contributed by atoms with E-state index in [0.29, 0.717) is 0 Å². The van der Waals surface area contributed by atoms with Gasteiger partial charge in [0.1, 0.15) is 0 Å². The largest absolute Gasteiger partial charge is 0.327 e. The minimum Gasteiger partial charge on any atom is -0.327 e. The Morgan fingerprint density at radius 1 is 1.67 bits per heavy atom. The van der Waals surface area contributed by atoms with E-state index in [1.807, 2.05) is 6.20 Å². The van der Waals surface area contributed by atoms with Crippen molar-refractivity contribution in [3.63, 3.8) is 0 Å². The number of rotatable bonds is 4. The van der Waals surface area contributed by atoms with Gasteiger partial charge in [0.25, 0.3) is 0 Å². The molecule has 0 aliphatic rings. The molecule has 0 bridgehead atoms. The highest BCUT2D eigenvalue weighted by atomic mass is 15.1. The average Bonchev–Trinajstić information content (AvgIpc) is 2.37. The Bertz CT molecular complexity index is 229. The molecule has 1 heterocycles. The number of aromatic amines is 1. The minimum atomic E-state index is 0.272. The van der Waals surface area contributed by atoms with Gasteiger partial charge in [0, 0.05) is 18.2 Å². The van der Waals surface area contributed by atoms with Gasteiger partial charge in [-0.05, 0) is 18.9 Å². The van der Waals surface area contributed by atoms with Crippen LogP contribution in [0.5, 0.6) is 0 Å². The van der Waals surface area contributed by atoms with Crippen LogP contribution < -0.4 is 5.73 Å². The van der Waals surface area contributed by atoms with Gasteiger partial charge in [-0.1, -0.05) is 13.3 Å². The summed E-state index contributed by atoms with van der Waals surface area (Å²) >= 11 is 0.